The molecule has 1 aliphatic carbocycles. The van der Waals surface area contributed by atoms with Crippen molar-refractivity contribution in [2.75, 3.05) is 33.3 Å². The zero-order chi connectivity index (χ0) is 24.0. The summed E-state index contributed by atoms with van der Waals surface area (Å²) in [5, 5.41) is 11.8. The van der Waals surface area contributed by atoms with Crippen LogP contribution >= 0.6 is 0 Å². The summed E-state index contributed by atoms with van der Waals surface area (Å²) in [5.41, 5.74) is 0.228. The fraction of sp³-hybridized carbons (Fsp3) is 0.500. The SMILES string of the molecule is CN(CC1CCN(C(=O)COCc2ccccc2)C1)C(=O)C(O)(c1ccccc1)C1CCCC1. The first kappa shape index (κ1) is 24.4. The molecule has 0 radical (unpaired) electrons. The van der Waals surface area contributed by atoms with Crippen molar-refractivity contribution in [2.45, 2.75) is 44.3 Å². The molecule has 182 valence electrons. The summed E-state index contributed by atoms with van der Waals surface area (Å²) in [6.07, 6.45) is 4.65. The van der Waals surface area contributed by atoms with Crippen LogP contribution < -0.4 is 0 Å². The van der Waals surface area contributed by atoms with Gasteiger partial charge < -0.3 is 19.6 Å². The van der Waals surface area contributed by atoms with Crippen LogP contribution in [-0.2, 0) is 26.5 Å². The first-order chi connectivity index (χ1) is 16.5. The molecule has 34 heavy (non-hydrogen) atoms. The predicted octanol–water partition coefficient (Wildman–Crippen LogP) is 3.59. The Hall–Kier alpha value is -2.70. The molecule has 6 heteroatoms. The van der Waals surface area contributed by atoms with Crippen LogP contribution in [0.25, 0.3) is 0 Å². The lowest BCUT2D eigenvalue weighted by Gasteiger charge is -2.37. The Morgan fingerprint density at radius 3 is 2.35 bits per heavy atom. The Bertz CT molecular complexity index is 945. The third-order valence-corrected chi connectivity index (χ3v) is 7.34. The van der Waals surface area contributed by atoms with E-state index in [9.17, 15) is 14.7 Å². The van der Waals surface area contributed by atoms with Crippen LogP contribution in [0.2, 0.25) is 0 Å². The van der Waals surface area contributed by atoms with Gasteiger partial charge in [0, 0.05) is 32.6 Å². The van der Waals surface area contributed by atoms with E-state index in [0.29, 0.717) is 31.8 Å². The van der Waals surface area contributed by atoms with Gasteiger partial charge in [-0.25, -0.2) is 0 Å². The van der Waals surface area contributed by atoms with Gasteiger partial charge in [-0.15, -0.1) is 0 Å². The van der Waals surface area contributed by atoms with Gasteiger partial charge in [-0.1, -0.05) is 73.5 Å². The van der Waals surface area contributed by atoms with Crippen molar-refractivity contribution in [1.82, 2.24) is 9.80 Å². The Morgan fingerprint density at radius 1 is 1.03 bits per heavy atom. The van der Waals surface area contributed by atoms with Crippen molar-refractivity contribution in [2.24, 2.45) is 11.8 Å². The number of amides is 2. The van der Waals surface area contributed by atoms with E-state index in [1.165, 1.54) is 0 Å². The first-order valence-electron chi connectivity index (χ1n) is 12.4. The second-order valence-electron chi connectivity index (χ2n) is 9.77. The van der Waals surface area contributed by atoms with Crippen LogP contribution in [-0.4, -0.2) is 60.0 Å². The molecule has 1 heterocycles. The molecule has 1 saturated carbocycles. The average Bonchev–Trinajstić information content (AvgIpc) is 3.57. The van der Waals surface area contributed by atoms with Gasteiger partial charge in [0.25, 0.3) is 5.91 Å². The van der Waals surface area contributed by atoms with E-state index < -0.39 is 5.60 Å². The van der Waals surface area contributed by atoms with E-state index in [0.717, 1.165) is 37.7 Å². The molecule has 0 bridgehead atoms. The smallest absolute Gasteiger partial charge is 0.259 e. The van der Waals surface area contributed by atoms with E-state index in [1.54, 1.807) is 11.9 Å². The second-order valence-corrected chi connectivity index (χ2v) is 9.77. The number of rotatable bonds is 9. The molecule has 1 N–H and O–H groups in total. The molecule has 0 spiro atoms. The molecule has 1 saturated heterocycles. The van der Waals surface area contributed by atoms with Crippen molar-refractivity contribution in [3.63, 3.8) is 0 Å². The molecular weight excluding hydrogens is 428 g/mol. The summed E-state index contributed by atoms with van der Waals surface area (Å²) in [5.74, 6) is -0.121. The fourth-order valence-electron chi connectivity index (χ4n) is 5.46. The highest BCUT2D eigenvalue weighted by molar-refractivity contribution is 5.86. The zero-order valence-corrected chi connectivity index (χ0v) is 20.1. The average molecular weight is 465 g/mol. The molecule has 2 amide bonds. The van der Waals surface area contributed by atoms with Crippen molar-refractivity contribution >= 4 is 11.8 Å². The zero-order valence-electron chi connectivity index (χ0n) is 20.1. The van der Waals surface area contributed by atoms with Crippen LogP contribution in [0, 0.1) is 11.8 Å². The Morgan fingerprint density at radius 2 is 1.68 bits per heavy atom. The van der Waals surface area contributed by atoms with E-state index in [-0.39, 0.29) is 30.3 Å². The third kappa shape index (κ3) is 5.50. The minimum absolute atomic E-state index is 0.0147. The highest BCUT2D eigenvalue weighted by Crippen LogP contribution is 2.42. The number of hydrogen-bond donors (Lipinski definition) is 1. The number of hydrogen-bond acceptors (Lipinski definition) is 4. The number of likely N-dealkylation sites (tertiary alicyclic amines) is 1. The van der Waals surface area contributed by atoms with Gasteiger partial charge >= 0.3 is 0 Å². The molecule has 2 aromatic carbocycles. The largest absolute Gasteiger partial charge is 0.375 e. The van der Waals surface area contributed by atoms with Gasteiger partial charge in [0.1, 0.15) is 6.61 Å². The summed E-state index contributed by atoms with van der Waals surface area (Å²) in [6, 6.07) is 19.2. The van der Waals surface area contributed by atoms with Gasteiger partial charge in [-0.2, -0.15) is 0 Å². The lowest BCUT2D eigenvalue weighted by atomic mass is 9.79. The summed E-state index contributed by atoms with van der Waals surface area (Å²) >= 11 is 0. The number of carbonyl (C=O) groups is 2. The molecule has 4 rings (SSSR count). The molecule has 2 fully saturated rings. The van der Waals surface area contributed by atoms with Gasteiger partial charge in [0.2, 0.25) is 5.91 Å². The van der Waals surface area contributed by atoms with Gasteiger partial charge in [0.05, 0.1) is 6.61 Å². The van der Waals surface area contributed by atoms with Crippen molar-refractivity contribution < 1.29 is 19.4 Å². The van der Waals surface area contributed by atoms with Gasteiger partial charge in [0.15, 0.2) is 5.60 Å². The van der Waals surface area contributed by atoms with Crippen molar-refractivity contribution in [1.29, 1.82) is 0 Å². The number of benzene rings is 2. The number of nitrogens with zero attached hydrogens (tertiary/aromatic N) is 2. The maximum atomic E-state index is 13.6. The molecule has 2 unspecified atom stereocenters. The normalized spacial score (nSPS) is 20.3. The summed E-state index contributed by atoms with van der Waals surface area (Å²) in [6.45, 7) is 2.28. The first-order valence-corrected chi connectivity index (χ1v) is 12.4. The van der Waals surface area contributed by atoms with E-state index >= 15 is 0 Å². The minimum atomic E-state index is -1.49. The topological polar surface area (TPSA) is 70.1 Å². The van der Waals surface area contributed by atoms with Crippen molar-refractivity contribution in [3.8, 4) is 0 Å². The van der Waals surface area contributed by atoms with Crippen LogP contribution in [0.3, 0.4) is 0 Å². The highest BCUT2D eigenvalue weighted by atomic mass is 16.5. The van der Waals surface area contributed by atoms with E-state index in [2.05, 4.69) is 0 Å². The molecular formula is C28H36N2O4. The number of aliphatic hydroxyl groups is 1. The Labute approximate surface area is 202 Å². The molecule has 1 aliphatic heterocycles. The quantitative estimate of drug-likeness (QED) is 0.616. The molecule has 2 atom stereocenters. The van der Waals surface area contributed by atoms with E-state index in [1.807, 2.05) is 65.6 Å². The maximum absolute atomic E-state index is 13.6. The number of likely N-dealkylation sites (N-methyl/N-ethyl adjacent to an activating group) is 1. The third-order valence-electron chi connectivity index (χ3n) is 7.34. The second kappa shape index (κ2) is 11.2. The lowest BCUT2D eigenvalue weighted by Crippen LogP contribution is -2.50. The van der Waals surface area contributed by atoms with Crippen molar-refractivity contribution in [3.05, 3.63) is 71.8 Å². The number of ether oxygens (including phenoxy) is 1. The Kier molecular flexibility index (Phi) is 8.01. The van der Waals surface area contributed by atoms with Gasteiger partial charge in [-0.05, 0) is 36.3 Å². The standard InChI is InChI=1S/C28H36N2O4/c1-29(27(32)28(33,25-14-8-9-15-25)24-12-6-3-7-13-24)18-23-16-17-30(19-23)26(31)21-34-20-22-10-4-2-5-11-22/h2-7,10-13,23,25,33H,8-9,14-21H2,1H3. The summed E-state index contributed by atoms with van der Waals surface area (Å²) in [4.78, 5) is 29.7. The number of carbonyl (C=O) groups excluding carboxylic acids is 2. The minimum Gasteiger partial charge on any atom is -0.375 e. The van der Waals surface area contributed by atoms with Crippen LogP contribution in [0.1, 0.15) is 43.2 Å². The van der Waals surface area contributed by atoms with E-state index in [4.69, 9.17) is 4.74 Å². The van der Waals surface area contributed by atoms with Crippen LogP contribution in [0.15, 0.2) is 60.7 Å². The maximum Gasteiger partial charge on any atom is 0.259 e. The highest BCUT2D eigenvalue weighted by Gasteiger charge is 2.48. The summed E-state index contributed by atoms with van der Waals surface area (Å²) < 4.78 is 5.61. The molecule has 0 aromatic heterocycles. The summed E-state index contributed by atoms with van der Waals surface area (Å²) in [7, 11) is 1.78. The van der Waals surface area contributed by atoms with Crippen LogP contribution in [0.4, 0.5) is 0 Å². The van der Waals surface area contributed by atoms with Crippen LogP contribution in [0.5, 0.6) is 0 Å². The van der Waals surface area contributed by atoms with Gasteiger partial charge in [-0.3, -0.25) is 9.59 Å². The predicted molar refractivity (Wildman–Crippen MR) is 131 cm³/mol. The fourth-order valence-corrected chi connectivity index (χ4v) is 5.46. The molecule has 2 aliphatic rings. The lowest BCUT2D eigenvalue weighted by molar-refractivity contribution is -0.158. The molecule has 2 aromatic rings. The Balaban J connectivity index is 1.31. The monoisotopic (exact) mass is 464 g/mol. The molecule has 6 nitrogen and oxygen atoms in total.